The van der Waals surface area contributed by atoms with Crippen LogP contribution in [0.3, 0.4) is 0 Å². The molecular formula is C21H48N8O11. The largest absolute Gasteiger partial charge is 0.480 e. The van der Waals surface area contributed by atoms with E-state index in [2.05, 4.69) is 11.5 Å². The van der Waals surface area contributed by atoms with Crippen LogP contribution in [-0.2, 0) is 28.8 Å². The van der Waals surface area contributed by atoms with Crippen molar-refractivity contribution in [1.82, 2.24) is 0 Å². The maximum atomic E-state index is 10.1. The van der Waals surface area contributed by atoms with Crippen molar-refractivity contribution < 1.29 is 54.3 Å². The molecule has 0 radical (unpaired) electrons. The maximum Gasteiger partial charge on any atom is 0.320 e. The van der Waals surface area contributed by atoms with Crippen molar-refractivity contribution in [2.75, 3.05) is 26.2 Å². The summed E-state index contributed by atoms with van der Waals surface area (Å²) in [6.07, 6.45) is 4.45. The first kappa shape index (κ1) is 46.4. The molecule has 21 N–H and O–H groups in total. The second-order valence-electron chi connectivity index (χ2n) is 7.60. The summed E-state index contributed by atoms with van der Waals surface area (Å²) in [5.41, 5.74) is 39.8. The number of carbonyl (C=O) groups is 6. The van der Waals surface area contributed by atoms with Crippen molar-refractivity contribution in [2.24, 2.45) is 45.9 Å². The Morgan fingerprint density at radius 2 is 0.750 bits per heavy atom. The second kappa shape index (κ2) is 33.6. The second-order valence-corrected chi connectivity index (χ2v) is 7.60. The van der Waals surface area contributed by atoms with Crippen LogP contribution in [0.15, 0.2) is 0 Å². The first-order valence-electron chi connectivity index (χ1n) is 11.9. The van der Waals surface area contributed by atoms with E-state index in [0.29, 0.717) is 25.9 Å². The van der Waals surface area contributed by atoms with E-state index in [9.17, 15) is 28.8 Å². The summed E-state index contributed by atoms with van der Waals surface area (Å²) < 4.78 is 0. The van der Waals surface area contributed by atoms with Crippen molar-refractivity contribution in [2.45, 2.75) is 69.5 Å². The number of carboxylic acid groups (broad SMARTS) is 5. The van der Waals surface area contributed by atoms with Gasteiger partial charge in [0.25, 0.3) is 0 Å². The molecule has 3 atom stereocenters. The van der Waals surface area contributed by atoms with Gasteiger partial charge in [-0.15, -0.1) is 0 Å². The van der Waals surface area contributed by atoms with Crippen molar-refractivity contribution in [1.29, 1.82) is 0 Å². The number of hydrogen-bond donors (Lipinski definition) is 13. The average Bonchev–Trinajstić information content (AvgIpc) is 2.88. The van der Waals surface area contributed by atoms with E-state index in [-0.39, 0.29) is 25.9 Å². The molecule has 1 amide bonds. The molecule has 0 spiro atoms. The highest BCUT2D eigenvalue weighted by Gasteiger charge is 2.11. The minimum absolute atomic E-state index is 0.0213. The van der Waals surface area contributed by atoms with Gasteiger partial charge in [-0.3, -0.25) is 28.8 Å². The third kappa shape index (κ3) is 51.2. The molecule has 0 bridgehead atoms. The van der Waals surface area contributed by atoms with Crippen LogP contribution in [0, 0.1) is 0 Å². The van der Waals surface area contributed by atoms with Crippen LogP contribution in [0.2, 0.25) is 0 Å². The van der Waals surface area contributed by atoms with E-state index in [1.54, 1.807) is 0 Å². The molecular weight excluding hydrogens is 540 g/mol. The van der Waals surface area contributed by atoms with Crippen LogP contribution in [-0.4, -0.2) is 106 Å². The number of nitrogens with two attached hydrogens (primary N) is 8. The monoisotopic (exact) mass is 588 g/mol. The Hall–Kier alpha value is -3.46. The Morgan fingerprint density at radius 1 is 0.500 bits per heavy atom. The predicted octanol–water partition coefficient (Wildman–Crippen LogP) is -4.22. The minimum Gasteiger partial charge on any atom is -0.480 e. The molecule has 0 fully saturated rings. The molecule has 0 saturated heterocycles. The number of carbonyl (C=O) groups excluding carboxylic acids is 1. The van der Waals surface area contributed by atoms with E-state index in [1.807, 2.05) is 0 Å². The highest BCUT2D eigenvalue weighted by Crippen LogP contribution is 1.97. The molecule has 0 aliphatic rings. The number of aliphatic carboxylic acids is 5. The number of unbranched alkanes of at least 4 members (excludes halogenated alkanes) is 2. The number of rotatable bonds is 16. The number of amides is 1. The lowest BCUT2D eigenvalue weighted by Crippen LogP contribution is -2.31. The van der Waals surface area contributed by atoms with Gasteiger partial charge < -0.3 is 71.4 Å². The van der Waals surface area contributed by atoms with Gasteiger partial charge in [-0.05, 0) is 45.2 Å². The highest BCUT2D eigenvalue weighted by molar-refractivity contribution is 5.77. The van der Waals surface area contributed by atoms with Crippen LogP contribution in [0.25, 0.3) is 0 Å². The van der Waals surface area contributed by atoms with Gasteiger partial charge in [-0.25, -0.2) is 0 Å². The Kier molecular flexibility index (Phi) is 38.9. The number of hydrogen-bond acceptors (Lipinski definition) is 13. The van der Waals surface area contributed by atoms with Gasteiger partial charge >= 0.3 is 29.8 Å². The third-order valence-corrected chi connectivity index (χ3v) is 3.94. The minimum atomic E-state index is -1.11. The average molecular weight is 589 g/mol. The lowest BCUT2D eigenvalue weighted by molar-refractivity contribution is -0.139. The molecule has 0 aromatic rings. The van der Waals surface area contributed by atoms with Crippen LogP contribution < -0.4 is 45.9 Å². The Bertz CT molecular complexity index is 660. The summed E-state index contributed by atoms with van der Waals surface area (Å²) in [6, 6.07) is -2.41. The normalized spacial score (nSPS) is 11.5. The van der Waals surface area contributed by atoms with E-state index in [0.717, 1.165) is 25.7 Å². The Labute approximate surface area is 232 Å². The molecule has 0 aliphatic heterocycles. The third-order valence-electron chi connectivity index (χ3n) is 3.94. The molecule has 0 aliphatic carbocycles. The number of primary amides is 1. The fourth-order valence-corrected chi connectivity index (χ4v) is 1.69. The van der Waals surface area contributed by atoms with Gasteiger partial charge in [-0.1, -0.05) is 12.8 Å². The Balaban J connectivity index is -0.000000132. The Morgan fingerprint density at radius 3 is 0.925 bits per heavy atom. The SMILES string of the molecule is NC(=O)CCC(N)C(=O)O.NCC(=O)O.NCC(=O)O.NCCCCC(N)C(=O)O.NCCCCC(N)C(=O)O. The zero-order chi connectivity index (χ0) is 32.7. The molecule has 238 valence electrons. The zero-order valence-corrected chi connectivity index (χ0v) is 22.5. The van der Waals surface area contributed by atoms with Crippen LogP contribution in [0.1, 0.15) is 51.4 Å². The van der Waals surface area contributed by atoms with Gasteiger partial charge in [0.15, 0.2) is 0 Å². The summed E-state index contributed by atoms with van der Waals surface area (Å²) >= 11 is 0. The smallest absolute Gasteiger partial charge is 0.320 e. The highest BCUT2D eigenvalue weighted by atomic mass is 16.4. The van der Waals surface area contributed by atoms with E-state index < -0.39 is 53.9 Å². The summed E-state index contributed by atoms with van der Waals surface area (Å²) in [7, 11) is 0. The quantitative estimate of drug-likeness (QED) is 0.0759. The molecule has 3 unspecified atom stereocenters. The van der Waals surface area contributed by atoms with Gasteiger partial charge in [0.2, 0.25) is 5.91 Å². The molecule has 19 heteroatoms. The number of carboxylic acids is 5. The van der Waals surface area contributed by atoms with E-state index in [4.69, 9.17) is 59.9 Å². The molecule has 0 aromatic carbocycles. The molecule has 0 saturated carbocycles. The van der Waals surface area contributed by atoms with Crippen LogP contribution >= 0.6 is 0 Å². The molecule has 0 rings (SSSR count). The first-order chi connectivity index (χ1) is 18.4. The topological polar surface area (TPSA) is 412 Å². The molecule has 40 heavy (non-hydrogen) atoms. The van der Waals surface area contributed by atoms with Crippen LogP contribution in [0.5, 0.6) is 0 Å². The van der Waals surface area contributed by atoms with Gasteiger partial charge in [0.05, 0.1) is 13.1 Å². The van der Waals surface area contributed by atoms with E-state index >= 15 is 0 Å². The van der Waals surface area contributed by atoms with Crippen LogP contribution in [0.4, 0.5) is 0 Å². The lowest BCUT2D eigenvalue weighted by Gasteiger charge is -2.03. The van der Waals surface area contributed by atoms with Crippen molar-refractivity contribution in [3.8, 4) is 0 Å². The lowest BCUT2D eigenvalue weighted by atomic mass is 10.1. The fourth-order valence-electron chi connectivity index (χ4n) is 1.69. The first-order valence-corrected chi connectivity index (χ1v) is 11.9. The summed E-state index contributed by atoms with van der Waals surface area (Å²) in [4.78, 5) is 58.9. The van der Waals surface area contributed by atoms with Gasteiger partial charge in [0, 0.05) is 6.42 Å². The molecule has 19 nitrogen and oxygen atoms in total. The van der Waals surface area contributed by atoms with E-state index in [1.165, 1.54) is 0 Å². The summed E-state index contributed by atoms with van der Waals surface area (Å²) in [5, 5.41) is 40.1. The fraction of sp³-hybridized carbons (Fsp3) is 0.714. The zero-order valence-electron chi connectivity index (χ0n) is 22.5. The van der Waals surface area contributed by atoms with Crippen molar-refractivity contribution >= 4 is 35.8 Å². The molecule has 0 heterocycles. The van der Waals surface area contributed by atoms with Crippen molar-refractivity contribution in [3.63, 3.8) is 0 Å². The predicted molar refractivity (Wildman–Crippen MR) is 144 cm³/mol. The maximum absolute atomic E-state index is 10.1. The molecule has 0 aromatic heterocycles. The van der Waals surface area contributed by atoms with Gasteiger partial charge in [-0.2, -0.15) is 0 Å². The van der Waals surface area contributed by atoms with Gasteiger partial charge in [0.1, 0.15) is 18.1 Å². The summed E-state index contributed by atoms with van der Waals surface area (Å²) in [5.74, 6) is -5.44. The summed E-state index contributed by atoms with van der Waals surface area (Å²) in [6.45, 7) is 0.651. The standard InChI is InChI=1S/2C6H14N2O2.C5H10N2O3.2C2H5NO2/c2*7-4-2-1-3-5(8)6(9)10;6-3(5(9)10)1-2-4(7)8;2*3-1-2(4)5/h2*5H,1-4,7-8H2,(H,9,10);3H,1-2,6H2,(H2,7,8)(H,9,10);2*1,3H2,(H,4,5). The van der Waals surface area contributed by atoms with Crippen molar-refractivity contribution in [3.05, 3.63) is 0 Å².